The van der Waals surface area contributed by atoms with E-state index in [1.807, 2.05) is 23.1 Å². The van der Waals surface area contributed by atoms with Gasteiger partial charge in [-0.1, -0.05) is 36.4 Å². The summed E-state index contributed by atoms with van der Waals surface area (Å²) in [7, 11) is 0. The molecule has 124 valence electrons. The molecule has 0 aliphatic carbocycles. The van der Waals surface area contributed by atoms with Crippen molar-refractivity contribution in [3.8, 4) is 0 Å². The highest BCUT2D eigenvalue weighted by Gasteiger charge is 2.36. The molecule has 0 bridgehead atoms. The lowest BCUT2D eigenvalue weighted by molar-refractivity contribution is -0.163. The fraction of sp³-hybridized carbons (Fsp3) is 0.444. The number of ether oxygens (including phenoxy) is 2. The van der Waals surface area contributed by atoms with E-state index in [-0.39, 0.29) is 13.2 Å². The summed E-state index contributed by atoms with van der Waals surface area (Å²) in [5.41, 5.74) is 2.41. The molecular weight excluding hydrogens is 294 g/mol. The molecule has 23 heavy (non-hydrogen) atoms. The lowest BCUT2D eigenvalue weighted by Gasteiger charge is -2.31. The highest BCUT2D eigenvalue weighted by atomic mass is 16.6. The molecule has 0 amide bonds. The third-order valence-corrected chi connectivity index (χ3v) is 3.77. The van der Waals surface area contributed by atoms with Crippen LogP contribution in [-0.4, -0.2) is 49.2 Å². The van der Waals surface area contributed by atoms with Crippen molar-refractivity contribution in [1.29, 1.82) is 0 Å². The van der Waals surface area contributed by atoms with Crippen molar-refractivity contribution in [3.05, 3.63) is 42.0 Å². The van der Waals surface area contributed by atoms with Crippen molar-refractivity contribution >= 4 is 17.5 Å². The number of carbonyl (C=O) groups is 2. The molecule has 0 radical (unpaired) electrons. The molecule has 1 aliphatic rings. The summed E-state index contributed by atoms with van der Waals surface area (Å²) in [5.74, 6) is -1.08. The van der Waals surface area contributed by atoms with Crippen LogP contribution in [0.2, 0.25) is 0 Å². The molecule has 1 heterocycles. The Balaban J connectivity index is 2.11. The molecule has 5 heteroatoms. The summed E-state index contributed by atoms with van der Waals surface area (Å²) in [6, 6.07) is 9.14. The Hall–Kier alpha value is -2.14. The second kappa shape index (κ2) is 8.48. The average molecular weight is 317 g/mol. The fourth-order valence-corrected chi connectivity index (χ4v) is 2.67. The number of rotatable bonds is 6. The average Bonchev–Trinajstić information content (AvgIpc) is 2.57. The summed E-state index contributed by atoms with van der Waals surface area (Å²) in [6.07, 6.45) is 2.84. The van der Waals surface area contributed by atoms with E-state index in [9.17, 15) is 9.59 Å². The van der Waals surface area contributed by atoms with Crippen molar-refractivity contribution in [2.75, 3.05) is 26.3 Å². The summed E-state index contributed by atoms with van der Waals surface area (Å²) in [4.78, 5) is 26.1. The minimum atomic E-state index is -0.983. The SMILES string of the molecule is CCOC(=O)C(C(=O)OCC)N1CC=C(c2ccccc2)CC1. The molecule has 5 nitrogen and oxygen atoms in total. The topological polar surface area (TPSA) is 55.8 Å². The van der Waals surface area contributed by atoms with Crippen LogP contribution in [0.1, 0.15) is 25.8 Å². The summed E-state index contributed by atoms with van der Waals surface area (Å²) in [5, 5.41) is 0. The van der Waals surface area contributed by atoms with E-state index in [0.717, 1.165) is 6.42 Å². The van der Waals surface area contributed by atoms with E-state index in [1.54, 1.807) is 13.8 Å². The molecule has 0 spiro atoms. The van der Waals surface area contributed by atoms with Crippen LogP contribution >= 0.6 is 0 Å². The Morgan fingerprint density at radius 3 is 2.17 bits per heavy atom. The molecule has 1 aromatic carbocycles. The first-order valence-electron chi connectivity index (χ1n) is 7.99. The predicted molar refractivity (Wildman–Crippen MR) is 87.7 cm³/mol. The van der Waals surface area contributed by atoms with Crippen molar-refractivity contribution in [2.24, 2.45) is 0 Å². The number of nitrogens with zero attached hydrogens (tertiary/aromatic N) is 1. The fourth-order valence-electron chi connectivity index (χ4n) is 2.67. The van der Waals surface area contributed by atoms with Crippen LogP contribution in [-0.2, 0) is 19.1 Å². The molecule has 0 saturated heterocycles. The zero-order chi connectivity index (χ0) is 16.7. The standard InChI is InChI=1S/C18H23NO4/c1-3-22-17(20)16(18(21)23-4-2)19-12-10-15(11-13-19)14-8-6-5-7-9-14/h5-10,16H,3-4,11-13H2,1-2H3. The first-order valence-corrected chi connectivity index (χ1v) is 7.99. The van der Waals surface area contributed by atoms with Gasteiger partial charge in [0, 0.05) is 13.1 Å². The lowest BCUT2D eigenvalue weighted by atomic mass is 9.98. The first kappa shape index (κ1) is 17.2. The number of benzene rings is 1. The van der Waals surface area contributed by atoms with Crippen LogP contribution in [0.25, 0.3) is 5.57 Å². The van der Waals surface area contributed by atoms with Gasteiger partial charge in [0.05, 0.1) is 13.2 Å². The van der Waals surface area contributed by atoms with Crippen molar-refractivity contribution in [1.82, 2.24) is 4.90 Å². The highest BCUT2D eigenvalue weighted by Crippen LogP contribution is 2.23. The Morgan fingerprint density at radius 1 is 1.09 bits per heavy atom. The minimum absolute atomic E-state index is 0.244. The third-order valence-electron chi connectivity index (χ3n) is 3.77. The van der Waals surface area contributed by atoms with Crippen molar-refractivity contribution in [3.63, 3.8) is 0 Å². The van der Waals surface area contributed by atoms with E-state index in [2.05, 4.69) is 18.2 Å². The number of carbonyl (C=O) groups excluding carboxylic acids is 2. The van der Waals surface area contributed by atoms with Gasteiger partial charge in [-0.25, -0.2) is 9.59 Å². The van der Waals surface area contributed by atoms with Gasteiger partial charge in [-0.2, -0.15) is 0 Å². The van der Waals surface area contributed by atoms with Gasteiger partial charge in [0.15, 0.2) is 0 Å². The van der Waals surface area contributed by atoms with Crippen LogP contribution in [0, 0.1) is 0 Å². The quantitative estimate of drug-likeness (QED) is 0.595. The summed E-state index contributed by atoms with van der Waals surface area (Å²) < 4.78 is 10.1. The third kappa shape index (κ3) is 4.42. The molecular formula is C18H23NO4. The monoisotopic (exact) mass is 317 g/mol. The van der Waals surface area contributed by atoms with E-state index in [1.165, 1.54) is 11.1 Å². The summed E-state index contributed by atoms with van der Waals surface area (Å²) in [6.45, 7) is 5.07. The van der Waals surface area contributed by atoms with Crippen LogP contribution in [0.5, 0.6) is 0 Å². The zero-order valence-electron chi connectivity index (χ0n) is 13.7. The molecule has 1 aliphatic heterocycles. The first-order chi connectivity index (χ1) is 11.2. The highest BCUT2D eigenvalue weighted by molar-refractivity contribution is 5.99. The Morgan fingerprint density at radius 2 is 1.70 bits per heavy atom. The number of hydrogen-bond donors (Lipinski definition) is 0. The van der Waals surface area contributed by atoms with Gasteiger partial charge < -0.3 is 9.47 Å². The minimum Gasteiger partial charge on any atom is -0.464 e. The molecule has 0 saturated carbocycles. The maximum absolute atomic E-state index is 12.1. The van der Waals surface area contributed by atoms with Crippen LogP contribution in [0.15, 0.2) is 36.4 Å². The van der Waals surface area contributed by atoms with E-state index >= 15 is 0 Å². The number of esters is 2. The van der Waals surface area contributed by atoms with Gasteiger partial charge in [-0.3, -0.25) is 4.90 Å². The number of hydrogen-bond acceptors (Lipinski definition) is 5. The zero-order valence-corrected chi connectivity index (χ0v) is 13.7. The smallest absolute Gasteiger partial charge is 0.335 e. The van der Waals surface area contributed by atoms with Gasteiger partial charge in [0.2, 0.25) is 6.04 Å². The maximum atomic E-state index is 12.1. The van der Waals surface area contributed by atoms with E-state index < -0.39 is 18.0 Å². The van der Waals surface area contributed by atoms with Crippen LogP contribution in [0.4, 0.5) is 0 Å². The maximum Gasteiger partial charge on any atom is 0.335 e. The summed E-state index contributed by atoms with van der Waals surface area (Å²) >= 11 is 0. The van der Waals surface area contributed by atoms with Gasteiger partial charge in [0.1, 0.15) is 0 Å². The van der Waals surface area contributed by atoms with Gasteiger partial charge in [-0.15, -0.1) is 0 Å². The molecule has 2 rings (SSSR count). The second-order valence-electron chi connectivity index (χ2n) is 5.25. The predicted octanol–water partition coefficient (Wildman–Crippen LogP) is 2.27. The largest absolute Gasteiger partial charge is 0.464 e. The molecule has 1 aromatic rings. The van der Waals surface area contributed by atoms with E-state index in [0.29, 0.717) is 13.1 Å². The Bertz CT molecular complexity index is 550. The molecule has 0 fully saturated rings. The van der Waals surface area contributed by atoms with Crippen molar-refractivity contribution in [2.45, 2.75) is 26.3 Å². The normalized spacial score (nSPS) is 15.2. The van der Waals surface area contributed by atoms with Crippen LogP contribution < -0.4 is 0 Å². The Kier molecular flexibility index (Phi) is 6.35. The Labute approximate surface area is 136 Å². The molecule has 0 N–H and O–H groups in total. The molecule has 0 unspecified atom stereocenters. The second-order valence-corrected chi connectivity index (χ2v) is 5.25. The van der Waals surface area contributed by atoms with Crippen LogP contribution in [0.3, 0.4) is 0 Å². The van der Waals surface area contributed by atoms with Gasteiger partial charge >= 0.3 is 11.9 Å². The van der Waals surface area contributed by atoms with Gasteiger partial charge in [0.25, 0.3) is 0 Å². The van der Waals surface area contributed by atoms with Crippen molar-refractivity contribution < 1.29 is 19.1 Å². The van der Waals surface area contributed by atoms with E-state index in [4.69, 9.17) is 9.47 Å². The van der Waals surface area contributed by atoms with Gasteiger partial charge in [-0.05, 0) is 31.4 Å². The lowest BCUT2D eigenvalue weighted by Crippen LogP contribution is -2.50. The molecule has 0 aromatic heterocycles. The molecule has 0 atom stereocenters.